The van der Waals surface area contributed by atoms with Crippen molar-refractivity contribution >= 4 is 5.78 Å². The lowest BCUT2D eigenvalue weighted by molar-refractivity contribution is -0.119. The normalized spacial score (nSPS) is 39.4. The van der Waals surface area contributed by atoms with Crippen LogP contribution in [0, 0.1) is 17.3 Å². The molecule has 5 aliphatic rings. The van der Waals surface area contributed by atoms with E-state index in [9.17, 15) is 4.79 Å². The highest BCUT2D eigenvalue weighted by molar-refractivity contribution is 5.98. The van der Waals surface area contributed by atoms with E-state index in [-0.39, 0.29) is 22.9 Å². The van der Waals surface area contributed by atoms with Gasteiger partial charge in [-0.3, -0.25) is 4.79 Å². The molecule has 2 nitrogen and oxygen atoms in total. The van der Waals surface area contributed by atoms with Gasteiger partial charge in [0, 0.05) is 29.7 Å². The fourth-order valence-electron chi connectivity index (χ4n) is 5.20. The van der Waals surface area contributed by atoms with Gasteiger partial charge in [-0.15, -0.1) is 0 Å². The van der Waals surface area contributed by atoms with Gasteiger partial charge in [0.25, 0.3) is 0 Å². The van der Waals surface area contributed by atoms with Crippen molar-refractivity contribution in [3.63, 3.8) is 0 Å². The predicted octanol–water partition coefficient (Wildman–Crippen LogP) is 4.17. The first-order valence-corrected chi connectivity index (χ1v) is 8.68. The number of hydrogen-bond donors (Lipinski definition) is 0. The van der Waals surface area contributed by atoms with Crippen LogP contribution in [0.15, 0.2) is 53.8 Å². The third-order valence-electron chi connectivity index (χ3n) is 6.29. The summed E-state index contributed by atoms with van der Waals surface area (Å²) in [4.78, 5) is 12.8. The van der Waals surface area contributed by atoms with Crippen molar-refractivity contribution in [3.05, 3.63) is 59.4 Å². The van der Waals surface area contributed by atoms with Gasteiger partial charge in [-0.05, 0) is 29.4 Å². The molecule has 0 N–H and O–H groups in total. The molecule has 1 fully saturated rings. The van der Waals surface area contributed by atoms with Gasteiger partial charge in [0.05, 0.1) is 0 Å². The minimum absolute atomic E-state index is 0.0177. The van der Waals surface area contributed by atoms with E-state index in [1.165, 1.54) is 5.56 Å². The smallest absolute Gasteiger partial charge is 0.163 e. The van der Waals surface area contributed by atoms with E-state index in [2.05, 4.69) is 56.3 Å². The number of rotatable bonds is 1. The van der Waals surface area contributed by atoms with E-state index in [0.29, 0.717) is 18.1 Å². The van der Waals surface area contributed by atoms with Crippen LogP contribution in [0.5, 0.6) is 0 Å². The van der Waals surface area contributed by atoms with Crippen molar-refractivity contribution in [1.29, 1.82) is 0 Å². The Hall–Kier alpha value is -1.83. The van der Waals surface area contributed by atoms with Gasteiger partial charge < -0.3 is 4.74 Å². The molecule has 0 radical (unpaired) electrons. The Morgan fingerprint density at radius 3 is 2.65 bits per heavy atom. The monoisotopic (exact) mass is 306 g/mol. The van der Waals surface area contributed by atoms with E-state index >= 15 is 0 Å². The topological polar surface area (TPSA) is 26.3 Å². The van der Waals surface area contributed by atoms with Crippen LogP contribution in [0.2, 0.25) is 0 Å². The molecule has 118 valence electrons. The van der Waals surface area contributed by atoms with Crippen LogP contribution in [-0.2, 0) is 14.9 Å². The number of benzene rings is 1. The molecule has 2 bridgehead atoms. The first kappa shape index (κ1) is 13.6. The molecule has 6 rings (SSSR count). The summed E-state index contributed by atoms with van der Waals surface area (Å²) in [5.74, 6) is 2.07. The highest BCUT2D eigenvalue weighted by Crippen LogP contribution is 2.67. The number of Topliss-reactive ketones (excluding diaryl/α,β-unsaturated/α-hetero) is 1. The molecule has 0 amide bonds. The van der Waals surface area contributed by atoms with E-state index in [4.69, 9.17) is 4.74 Å². The van der Waals surface area contributed by atoms with E-state index in [1.54, 1.807) is 0 Å². The maximum absolute atomic E-state index is 12.8. The standard InChI is InChI=1S/C21H22O2/c1-20(2)11-16(22)19-14-8-9-18(23-17(19)12-20)21(10-15(14)21)13-6-4-3-5-7-13/h3-9,14-15,18H,10-12H2,1-2H3/t14-,15+,18+,21-/m1/s1. The van der Waals surface area contributed by atoms with E-state index in [0.717, 1.165) is 24.2 Å². The van der Waals surface area contributed by atoms with Gasteiger partial charge in [0.15, 0.2) is 5.78 Å². The van der Waals surface area contributed by atoms with Gasteiger partial charge in [-0.25, -0.2) is 0 Å². The summed E-state index contributed by atoms with van der Waals surface area (Å²) in [6.07, 6.45) is 7.23. The van der Waals surface area contributed by atoms with Crippen molar-refractivity contribution in [1.82, 2.24) is 0 Å². The number of ketones is 1. The molecule has 1 aromatic rings. The van der Waals surface area contributed by atoms with Gasteiger partial charge in [-0.2, -0.15) is 0 Å². The van der Waals surface area contributed by atoms with Crippen molar-refractivity contribution < 1.29 is 9.53 Å². The molecule has 1 saturated carbocycles. The summed E-state index contributed by atoms with van der Waals surface area (Å²) in [5.41, 5.74) is 2.46. The molecule has 4 atom stereocenters. The van der Waals surface area contributed by atoms with Crippen molar-refractivity contribution in [3.8, 4) is 0 Å². The fraction of sp³-hybridized carbons (Fsp3) is 0.476. The Balaban J connectivity index is 1.61. The molecule has 1 aromatic carbocycles. The summed E-state index contributed by atoms with van der Waals surface area (Å²) >= 11 is 0. The summed E-state index contributed by atoms with van der Waals surface area (Å²) in [6, 6.07) is 10.7. The molecule has 23 heavy (non-hydrogen) atoms. The number of carbonyl (C=O) groups excluding carboxylic acids is 1. The largest absolute Gasteiger partial charge is 0.489 e. The Morgan fingerprint density at radius 1 is 1.09 bits per heavy atom. The van der Waals surface area contributed by atoms with Crippen molar-refractivity contribution in [2.24, 2.45) is 17.3 Å². The summed E-state index contributed by atoms with van der Waals surface area (Å²) in [5, 5.41) is 0. The zero-order valence-corrected chi connectivity index (χ0v) is 13.7. The molecular weight excluding hydrogens is 284 g/mol. The second-order valence-corrected chi connectivity index (χ2v) is 8.44. The average molecular weight is 306 g/mol. The second kappa shape index (κ2) is 4.17. The van der Waals surface area contributed by atoms with Crippen LogP contribution >= 0.6 is 0 Å². The van der Waals surface area contributed by atoms with Crippen LogP contribution in [0.4, 0.5) is 0 Å². The highest BCUT2D eigenvalue weighted by Gasteiger charge is 2.67. The lowest BCUT2D eigenvalue weighted by Gasteiger charge is -2.33. The van der Waals surface area contributed by atoms with Crippen LogP contribution in [0.3, 0.4) is 0 Å². The highest BCUT2D eigenvalue weighted by atomic mass is 16.5. The summed E-state index contributed by atoms with van der Waals surface area (Å²) in [6.45, 7) is 4.35. The number of carbonyl (C=O) groups is 1. The quantitative estimate of drug-likeness (QED) is 0.728. The first-order chi connectivity index (χ1) is 11.0. The molecule has 0 aromatic heterocycles. The van der Waals surface area contributed by atoms with Crippen molar-refractivity contribution in [2.45, 2.75) is 44.6 Å². The Morgan fingerprint density at radius 2 is 1.87 bits per heavy atom. The van der Waals surface area contributed by atoms with E-state index in [1.807, 2.05) is 0 Å². The number of allylic oxidation sites excluding steroid dienone is 3. The minimum Gasteiger partial charge on any atom is -0.489 e. The zero-order valence-electron chi connectivity index (χ0n) is 13.7. The SMILES string of the molecule is CC1(C)CC(=O)C2=C(C1)O[C@H]1C=C[C@@H]2[C@@H]2C[C@]12c1ccccc1. The molecule has 2 heteroatoms. The van der Waals surface area contributed by atoms with Crippen LogP contribution in [0.25, 0.3) is 0 Å². The molecule has 2 aliphatic heterocycles. The molecule has 3 aliphatic carbocycles. The Kier molecular flexibility index (Phi) is 2.46. The van der Waals surface area contributed by atoms with Crippen LogP contribution in [0.1, 0.15) is 38.7 Å². The average Bonchev–Trinajstić information content (AvgIpc) is 3.26. The van der Waals surface area contributed by atoms with Crippen LogP contribution in [-0.4, -0.2) is 11.9 Å². The van der Waals surface area contributed by atoms with Gasteiger partial charge >= 0.3 is 0 Å². The molecule has 0 saturated heterocycles. The Bertz CT molecular complexity index is 755. The number of ether oxygens (including phenoxy) is 1. The van der Waals surface area contributed by atoms with Gasteiger partial charge in [0.2, 0.25) is 0 Å². The maximum Gasteiger partial charge on any atom is 0.163 e. The molecule has 0 unspecified atom stereocenters. The predicted molar refractivity (Wildman–Crippen MR) is 88.8 cm³/mol. The molecule has 0 spiro atoms. The first-order valence-electron chi connectivity index (χ1n) is 8.68. The van der Waals surface area contributed by atoms with Crippen LogP contribution < -0.4 is 0 Å². The van der Waals surface area contributed by atoms with Gasteiger partial charge in [-0.1, -0.05) is 50.3 Å². The summed E-state index contributed by atoms with van der Waals surface area (Å²) < 4.78 is 6.50. The second-order valence-electron chi connectivity index (χ2n) is 8.44. The van der Waals surface area contributed by atoms with E-state index < -0.39 is 0 Å². The van der Waals surface area contributed by atoms with Gasteiger partial charge in [0.1, 0.15) is 11.9 Å². The van der Waals surface area contributed by atoms with Crippen molar-refractivity contribution in [2.75, 3.05) is 0 Å². The molecular formula is C21H22O2. The summed E-state index contributed by atoms with van der Waals surface area (Å²) in [7, 11) is 0. The maximum atomic E-state index is 12.8. The lowest BCUT2D eigenvalue weighted by atomic mass is 9.71. The third kappa shape index (κ3) is 1.72. The zero-order chi connectivity index (χ0) is 15.8. The lowest BCUT2D eigenvalue weighted by Crippen LogP contribution is -2.31. The fourth-order valence-corrected chi connectivity index (χ4v) is 5.20. The molecule has 2 heterocycles. The number of hydrogen-bond acceptors (Lipinski definition) is 2. The Labute approximate surface area is 137 Å². The third-order valence-corrected chi connectivity index (χ3v) is 6.29. The minimum atomic E-state index is 0.0177.